The van der Waals surface area contributed by atoms with E-state index in [4.69, 9.17) is 31.1 Å². The van der Waals surface area contributed by atoms with Crippen molar-refractivity contribution in [1.29, 1.82) is 5.26 Å². The maximum absolute atomic E-state index is 12.7. The molecule has 2 aliphatic rings. The molecule has 1 spiro atoms. The number of halogens is 1. The summed E-state index contributed by atoms with van der Waals surface area (Å²) in [5, 5.41) is 9.51. The smallest absolute Gasteiger partial charge is 0.410 e. The molecule has 0 aromatic heterocycles. The maximum atomic E-state index is 12.7. The Labute approximate surface area is 225 Å². The molecule has 0 bridgehead atoms. The second-order valence-corrected chi connectivity index (χ2v) is 11.3. The van der Waals surface area contributed by atoms with Crippen LogP contribution in [0.2, 0.25) is 5.02 Å². The van der Waals surface area contributed by atoms with Crippen LogP contribution >= 0.6 is 11.6 Å². The molecule has 2 atom stereocenters. The lowest BCUT2D eigenvalue weighted by molar-refractivity contribution is -0.0115. The molecule has 1 heterocycles. The van der Waals surface area contributed by atoms with Crippen molar-refractivity contribution in [3.63, 3.8) is 0 Å². The molecule has 8 heteroatoms. The minimum atomic E-state index is -0.531. The predicted molar refractivity (Wildman–Crippen MR) is 146 cm³/mol. The van der Waals surface area contributed by atoms with Gasteiger partial charge >= 0.3 is 6.09 Å². The first-order valence-corrected chi connectivity index (χ1v) is 13.2. The zero-order valence-corrected chi connectivity index (χ0v) is 23.5. The monoisotopic (exact) mass is 527 g/mol. The predicted octanol–water partition coefficient (Wildman–Crippen LogP) is 7.26. The van der Waals surface area contributed by atoms with Crippen molar-refractivity contribution in [3.8, 4) is 11.8 Å². The maximum Gasteiger partial charge on any atom is 0.410 e. The van der Waals surface area contributed by atoms with Crippen LogP contribution in [0.5, 0.6) is 5.75 Å². The number of hydrogen-bond acceptors (Lipinski definition) is 6. The molecule has 0 N–H and O–H groups in total. The molecular formula is C29H38ClN3O4. The molecule has 1 aromatic carbocycles. The van der Waals surface area contributed by atoms with Gasteiger partial charge in [0.25, 0.3) is 0 Å². The van der Waals surface area contributed by atoms with Gasteiger partial charge in [0.15, 0.2) is 0 Å². The third-order valence-electron chi connectivity index (χ3n) is 6.89. The van der Waals surface area contributed by atoms with E-state index in [9.17, 15) is 4.79 Å². The van der Waals surface area contributed by atoms with Crippen LogP contribution in [-0.2, 0) is 9.47 Å². The van der Waals surface area contributed by atoms with Gasteiger partial charge in [0.05, 0.1) is 16.7 Å². The number of likely N-dealkylation sites (tertiary alicyclic amines) is 1. The van der Waals surface area contributed by atoms with Crippen molar-refractivity contribution >= 4 is 23.6 Å². The number of rotatable bonds is 7. The molecule has 37 heavy (non-hydrogen) atoms. The van der Waals surface area contributed by atoms with E-state index in [0.717, 1.165) is 24.8 Å². The Bertz CT molecular complexity index is 1120. The van der Waals surface area contributed by atoms with Gasteiger partial charge in [-0.25, -0.2) is 9.79 Å². The van der Waals surface area contributed by atoms with Crippen molar-refractivity contribution in [2.24, 2.45) is 16.3 Å². The number of hydrogen-bond donors (Lipinski definition) is 0. The summed E-state index contributed by atoms with van der Waals surface area (Å²) in [5.74, 6) is 1.69. The number of benzene rings is 1. The summed E-state index contributed by atoms with van der Waals surface area (Å²) in [6.45, 7) is 16.7. The van der Waals surface area contributed by atoms with Gasteiger partial charge in [0, 0.05) is 42.6 Å². The molecule has 1 amide bonds. The van der Waals surface area contributed by atoms with Crippen LogP contribution in [0.1, 0.15) is 72.8 Å². The fourth-order valence-electron chi connectivity index (χ4n) is 4.49. The lowest BCUT2D eigenvalue weighted by atomic mass is 9.91. The molecule has 2 unspecified atom stereocenters. The number of piperidine rings is 1. The van der Waals surface area contributed by atoms with Gasteiger partial charge in [-0.2, -0.15) is 5.26 Å². The van der Waals surface area contributed by atoms with Crippen molar-refractivity contribution < 1.29 is 19.0 Å². The number of ether oxygens (including phenoxy) is 3. The fourth-order valence-corrected chi connectivity index (χ4v) is 4.71. The third kappa shape index (κ3) is 7.07. The van der Waals surface area contributed by atoms with Crippen molar-refractivity contribution in [1.82, 2.24) is 4.90 Å². The van der Waals surface area contributed by atoms with Gasteiger partial charge in [-0.15, -0.1) is 0 Å². The summed E-state index contributed by atoms with van der Waals surface area (Å²) < 4.78 is 18.5. The SMILES string of the molecule is C=CN=C(OC1CCN(C(=O)OC(C)(C)C)CC12CC2)C(C)=C(Oc1ccc(C#N)cc1Cl)C(C)CC. The Morgan fingerprint density at radius 2 is 2.11 bits per heavy atom. The molecule has 7 nitrogen and oxygen atoms in total. The van der Waals surface area contributed by atoms with E-state index in [1.165, 1.54) is 6.20 Å². The molecular weight excluding hydrogens is 490 g/mol. The first-order valence-electron chi connectivity index (χ1n) is 12.8. The second-order valence-electron chi connectivity index (χ2n) is 10.9. The Morgan fingerprint density at radius 1 is 1.41 bits per heavy atom. The Kier molecular flexibility index (Phi) is 8.96. The quantitative estimate of drug-likeness (QED) is 0.211. The number of allylic oxidation sites excluding steroid dienone is 1. The first-order chi connectivity index (χ1) is 17.4. The number of carbonyl (C=O) groups excluding carboxylic acids is 1. The van der Waals surface area contributed by atoms with Crippen molar-refractivity contribution in [2.75, 3.05) is 13.1 Å². The zero-order chi connectivity index (χ0) is 27.4. The minimum Gasteiger partial charge on any atom is -0.473 e. The van der Waals surface area contributed by atoms with Crippen LogP contribution in [0.3, 0.4) is 0 Å². The molecule has 1 saturated heterocycles. The van der Waals surface area contributed by atoms with Crippen LogP contribution in [-0.4, -0.2) is 41.7 Å². The summed E-state index contributed by atoms with van der Waals surface area (Å²) in [4.78, 5) is 19.0. The Morgan fingerprint density at radius 3 is 2.65 bits per heavy atom. The summed E-state index contributed by atoms with van der Waals surface area (Å²) in [5.41, 5.74) is 0.593. The molecule has 1 aromatic rings. The van der Waals surface area contributed by atoms with Crippen LogP contribution in [0, 0.1) is 22.7 Å². The van der Waals surface area contributed by atoms with E-state index in [0.29, 0.717) is 47.5 Å². The molecule has 1 aliphatic carbocycles. The molecule has 1 saturated carbocycles. The van der Waals surface area contributed by atoms with Gasteiger partial charge in [-0.1, -0.05) is 32.0 Å². The van der Waals surface area contributed by atoms with Crippen molar-refractivity contribution in [2.45, 2.75) is 78.9 Å². The summed E-state index contributed by atoms with van der Waals surface area (Å²) in [6.07, 6.45) is 4.59. The number of aliphatic imine (C=N–C) groups is 1. The molecule has 3 rings (SSSR count). The second kappa shape index (κ2) is 11.6. The van der Waals surface area contributed by atoms with E-state index in [1.54, 1.807) is 23.1 Å². The topological polar surface area (TPSA) is 84.2 Å². The van der Waals surface area contributed by atoms with E-state index in [2.05, 4.69) is 31.5 Å². The zero-order valence-electron chi connectivity index (χ0n) is 22.8. The lowest BCUT2D eigenvalue weighted by Crippen LogP contribution is -2.50. The standard InChI is InChI=1S/C29H38ClN3O4/c1-8-19(3)25(35-23-11-10-21(17-31)16-22(23)30)20(4)26(32-9-2)36-24-12-15-33(18-29(24)13-14-29)27(34)37-28(5,6)7/h9-11,16,19,24H,2,8,12-15,18H2,1,3-7H3. The third-order valence-corrected chi connectivity index (χ3v) is 7.18. The van der Waals surface area contributed by atoms with Gasteiger partial charge in [-0.05, 0) is 65.2 Å². The van der Waals surface area contributed by atoms with Gasteiger partial charge < -0.3 is 19.1 Å². The largest absolute Gasteiger partial charge is 0.473 e. The fraction of sp³-hybridized carbons (Fsp3) is 0.552. The Hall–Kier alpha value is -2.98. The molecule has 0 radical (unpaired) electrons. The van der Waals surface area contributed by atoms with E-state index < -0.39 is 5.60 Å². The highest BCUT2D eigenvalue weighted by Gasteiger charge is 2.55. The average Bonchev–Trinajstić information content (AvgIpc) is 3.61. The normalized spacial score (nSPS) is 20.4. The molecule has 2 fully saturated rings. The minimum absolute atomic E-state index is 0.0641. The summed E-state index contributed by atoms with van der Waals surface area (Å²) in [7, 11) is 0. The summed E-state index contributed by atoms with van der Waals surface area (Å²) >= 11 is 6.41. The summed E-state index contributed by atoms with van der Waals surface area (Å²) in [6, 6.07) is 7.05. The number of carbonyl (C=O) groups is 1. The van der Waals surface area contributed by atoms with E-state index >= 15 is 0 Å². The van der Waals surface area contributed by atoms with E-state index in [-0.39, 0.29) is 23.5 Å². The van der Waals surface area contributed by atoms with Gasteiger partial charge in [0.2, 0.25) is 5.90 Å². The highest BCUT2D eigenvalue weighted by molar-refractivity contribution is 6.32. The lowest BCUT2D eigenvalue weighted by Gasteiger charge is -2.39. The van der Waals surface area contributed by atoms with Crippen LogP contribution in [0.15, 0.2) is 47.3 Å². The van der Waals surface area contributed by atoms with Crippen LogP contribution in [0.4, 0.5) is 4.79 Å². The van der Waals surface area contributed by atoms with Gasteiger partial charge in [-0.3, -0.25) is 0 Å². The van der Waals surface area contributed by atoms with Crippen molar-refractivity contribution in [3.05, 3.63) is 52.9 Å². The van der Waals surface area contributed by atoms with Crippen LogP contribution < -0.4 is 4.74 Å². The number of nitrogens with zero attached hydrogens (tertiary/aromatic N) is 3. The van der Waals surface area contributed by atoms with Gasteiger partial charge in [0.1, 0.15) is 23.2 Å². The first kappa shape index (κ1) is 28.6. The highest BCUT2D eigenvalue weighted by atomic mass is 35.5. The van der Waals surface area contributed by atoms with E-state index in [1.807, 2.05) is 27.7 Å². The molecule has 200 valence electrons. The highest BCUT2D eigenvalue weighted by Crippen LogP contribution is 2.53. The molecule has 1 aliphatic heterocycles. The number of amides is 1. The van der Waals surface area contributed by atoms with Crippen LogP contribution in [0.25, 0.3) is 0 Å². The average molecular weight is 528 g/mol. The number of nitriles is 1. The Balaban J connectivity index is 1.84.